The van der Waals surface area contributed by atoms with Crippen molar-refractivity contribution in [1.29, 1.82) is 0 Å². The molecular formula is C17H24N6O2. The van der Waals surface area contributed by atoms with Gasteiger partial charge in [0.1, 0.15) is 12.4 Å². The smallest absolute Gasteiger partial charge is 0.230 e. The van der Waals surface area contributed by atoms with E-state index in [0.29, 0.717) is 18.9 Å². The summed E-state index contributed by atoms with van der Waals surface area (Å²) in [7, 11) is 1.88. The van der Waals surface area contributed by atoms with Crippen LogP contribution in [0.15, 0.2) is 18.7 Å². The third-order valence-corrected chi connectivity index (χ3v) is 5.57. The molecule has 2 aromatic heterocycles. The number of aromatic nitrogens is 5. The maximum absolute atomic E-state index is 13.1. The SMILES string of the molecule is Cn1c(CO)nnc1C1CCCN(C(=O)C2(Cn3ccnc3)CC2)C1. The molecule has 1 amide bonds. The van der Waals surface area contributed by atoms with Gasteiger partial charge in [-0.25, -0.2) is 4.98 Å². The molecule has 1 saturated heterocycles. The summed E-state index contributed by atoms with van der Waals surface area (Å²) < 4.78 is 3.86. The molecule has 25 heavy (non-hydrogen) atoms. The number of hydrogen-bond acceptors (Lipinski definition) is 5. The Morgan fingerprint density at radius 3 is 2.88 bits per heavy atom. The van der Waals surface area contributed by atoms with Crippen LogP contribution in [0, 0.1) is 5.41 Å². The second kappa shape index (κ2) is 6.25. The van der Waals surface area contributed by atoms with Gasteiger partial charge in [0.2, 0.25) is 5.91 Å². The summed E-state index contributed by atoms with van der Waals surface area (Å²) >= 11 is 0. The predicted molar refractivity (Wildman–Crippen MR) is 89.4 cm³/mol. The van der Waals surface area contributed by atoms with E-state index in [0.717, 1.165) is 38.1 Å². The highest BCUT2D eigenvalue weighted by atomic mass is 16.3. The van der Waals surface area contributed by atoms with Crippen molar-refractivity contribution < 1.29 is 9.90 Å². The molecule has 3 heterocycles. The van der Waals surface area contributed by atoms with Gasteiger partial charge < -0.3 is 19.1 Å². The first kappa shape index (κ1) is 16.3. The molecule has 1 atom stereocenters. The van der Waals surface area contributed by atoms with Crippen LogP contribution in [-0.2, 0) is 25.0 Å². The second-order valence-corrected chi connectivity index (χ2v) is 7.30. The third kappa shape index (κ3) is 2.95. The molecule has 1 saturated carbocycles. The molecule has 0 spiro atoms. The Morgan fingerprint density at radius 1 is 1.40 bits per heavy atom. The molecular weight excluding hydrogens is 320 g/mol. The number of carbonyl (C=O) groups is 1. The molecule has 1 aliphatic heterocycles. The van der Waals surface area contributed by atoms with E-state index in [1.165, 1.54) is 0 Å². The van der Waals surface area contributed by atoms with Gasteiger partial charge in [0.05, 0.1) is 11.7 Å². The molecule has 134 valence electrons. The maximum Gasteiger partial charge on any atom is 0.230 e. The summed E-state index contributed by atoms with van der Waals surface area (Å²) in [6, 6.07) is 0. The van der Waals surface area contributed by atoms with Gasteiger partial charge in [-0.1, -0.05) is 0 Å². The van der Waals surface area contributed by atoms with Crippen molar-refractivity contribution in [3.8, 4) is 0 Å². The number of carbonyl (C=O) groups excluding carboxylic acids is 1. The van der Waals surface area contributed by atoms with Gasteiger partial charge in [-0.15, -0.1) is 10.2 Å². The average Bonchev–Trinajstić information content (AvgIpc) is 3.04. The lowest BCUT2D eigenvalue weighted by Gasteiger charge is -2.34. The molecule has 8 nitrogen and oxygen atoms in total. The lowest BCUT2D eigenvalue weighted by Crippen LogP contribution is -2.44. The van der Waals surface area contributed by atoms with E-state index in [4.69, 9.17) is 0 Å². The zero-order chi connectivity index (χ0) is 17.4. The molecule has 0 radical (unpaired) electrons. The Balaban J connectivity index is 1.47. The van der Waals surface area contributed by atoms with Crippen LogP contribution in [0.4, 0.5) is 0 Å². The lowest BCUT2D eigenvalue weighted by molar-refractivity contribution is -0.138. The van der Waals surface area contributed by atoms with Gasteiger partial charge in [0.15, 0.2) is 5.82 Å². The van der Waals surface area contributed by atoms with E-state index in [9.17, 15) is 9.90 Å². The van der Waals surface area contributed by atoms with Crippen LogP contribution in [0.2, 0.25) is 0 Å². The van der Waals surface area contributed by atoms with Crippen molar-refractivity contribution in [3.05, 3.63) is 30.4 Å². The van der Waals surface area contributed by atoms with E-state index in [1.807, 2.05) is 27.3 Å². The monoisotopic (exact) mass is 344 g/mol. The van der Waals surface area contributed by atoms with Crippen LogP contribution in [-0.4, -0.2) is 53.3 Å². The predicted octanol–water partition coefficient (Wildman–Crippen LogP) is 0.690. The van der Waals surface area contributed by atoms with Crippen molar-refractivity contribution in [3.63, 3.8) is 0 Å². The summed E-state index contributed by atoms with van der Waals surface area (Å²) in [6.07, 6.45) is 9.32. The highest BCUT2D eigenvalue weighted by Gasteiger charge is 2.52. The summed E-state index contributed by atoms with van der Waals surface area (Å²) in [4.78, 5) is 19.2. The molecule has 8 heteroatoms. The number of likely N-dealkylation sites (tertiary alicyclic amines) is 1. The fourth-order valence-corrected chi connectivity index (χ4v) is 3.90. The Hall–Kier alpha value is -2.22. The van der Waals surface area contributed by atoms with E-state index in [-0.39, 0.29) is 23.8 Å². The number of imidazole rings is 1. The molecule has 2 aliphatic rings. The zero-order valence-corrected chi connectivity index (χ0v) is 14.5. The Kier molecular flexibility index (Phi) is 4.07. The number of aliphatic hydroxyl groups excluding tert-OH is 1. The van der Waals surface area contributed by atoms with Crippen molar-refractivity contribution in [1.82, 2.24) is 29.2 Å². The van der Waals surface area contributed by atoms with Crippen molar-refractivity contribution in [2.45, 2.75) is 44.8 Å². The third-order valence-electron chi connectivity index (χ3n) is 5.57. The van der Waals surface area contributed by atoms with E-state index >= 15 is 0 Å². The number of piperidine rings is 1. The highest BCUT2D eigenvalue weighted by Crippen LogP contribution is 2.49. The largest absolute Gasteiger partial charge is 0.388 e. The van der Waals surface area contributed by atoms with Crippen LogP contribution in [0.3, 0.4) is 0 Å². The minimum absolute atomic E-state index is 0.118. The van der Waals surface area contributed by atoms with E-state index < -0.39 is 0 Å². The van der Waals surface area contributed by atoms with E-state index in [2.05, 4.69) is 15.2 Å². The van der Waals surface area contributed by atoms with Gasteiger partial charge in [0, 0.05) is 45.0 Å². The molecule has 4 rings (SSSR count). The molecule has 1 unspecified atom stereocenters. The quantitative estimate of drug-likeness (QED) is 0.862. The minimum Gasteiger partial charge on any atom is -0.388 e. The topological polar surface area (TPSA) is 89.1 Å². The normalized spacial score (nSPS) is 22.2. The zero-order valence-electron chi connectivity index (χ0n) is 14.5. The van der Waals surface area contributed by atoms with Gasteiger partial charge in [0.25, 0.3) is 0 Å². The molecule has 1 aliphatic carbocycles. The lowest BCUT2D eigenvalue weighted by atomic mass is 9.95. The Labute approximate surface area is 146 Å². The summed E-state index contributed by atoms with van der Waals surface area (Å²) in [5.74, 6) is 1.87. The summed E-state index contributed by atoms with van der Waals surface area (Å²) in [5, 5.41) is 17.6. The standard InChI is InChI=1S/C17H24N6O2/c1-21-14(10-24)19-20-15(21)13-3-2-7-23(9-13)16(25)17(4-5-17)11-22-8-6-18-12-22/h6,8,12-13,24H,2-5,7,9-11H2,1H3. The Morgan fingerprint density at radius 2 is 2.24 bits per heavy atom. The first-order valence-corrected chi connectivity index (χ1v) is 8.87. The maximum atomic E-state index is 13.1. The second-order valence-electron chi connectivity index (χ2n) is 7.30. The van der Waals surface area contributed by atoms with Crippen molar-refractivity contribution >= 4 is 5.91 Å². The summed E-state index contributed by atoms with van der Waals surface area (Å²) in [5.41, 5.74) is -0.251. The van der Waals surface area contributed by atoms with Crippen molar-refractivity contribution in [2.75, 3.05) is 13.1 Å². The van der Waals surface area contributed by atoms with Crippen molar-refractivity contribution in [2.24, 2.45) is 12.5 Å². The summed E-state index contributed by atoms with van der Waals surface area (Å²) in [6.45, 7) is 2.09. The van der Waals surface area contributed by atoms with Crippen LogP contribution >= 0.6 is 0 Å². The van der Waals surface area contributed by atoms with Crippen LogP contribution < -0.4 is 0 Å². The molecule has 2 fully saturated rings. The minimum atomic E-state index is -0.251. The van der Waals surface area contributed by atoms with Gasteiger partial charge >= 0.3 is 0 Å². The first-order valence-electron chi connectivity index (χ1n) is 8.87. The average molecular weight is 344 g/mol. The van der Waals surface area contributed by atoms with Crippen LogP contribution in [0.25, 0.3) is 0 Å². The highest BCUT2D eigenvalue weighted by molar-refractivity contribution is 5.85. The number of nitrogens with zero attached hydrogens (tertiary/aromatic N) is 6. The number of aliphatic hydroxyl groups is 1. The van der Waals surface area contributed by atoms with Crippen LogP contribution in [0.1, 0.15) is 43.3 Å². The fourth-order valence-electron chi connectivity index (χ4n) is 3.90. The number of rotatable bonds is 5. The van der Waals surface area contributed by atoms with Gasteiger partial charge in [-0.2, -0.15) is 0 Å². The molecule has 0 bridgehead atoms. The van der Waals surface area contributed by atoms with E-state index in [1.54, 1.807) is 12.5 Å². The molecule has 2 aromatic rings. The number of amides is 1. The van der Waals surface area contributed by atoms with Gasteiger partial charge in [-0.05, 0) is 25.7 Å². The van der Waals surface area contributed by atoms with Crippen LogP contribution in [0.5, 0.6) is 0 Å². The molecule has 0 aromatic carbocycles. The number of hydrogen-bond donors (Lipinski definition) is 1. The van der Waals surface area contributed by atoms with Gasteiger partial charge in [-0.3, -0.25) is 4.79 Å². The fraction of sp³-hybridized carbons (Fsp3) is 0.647. The first-order chi connectivity index (χ1) is 12.1. The Bertz CT molecular complexity index is 749. The molecule has 1 N–H and O–H groups in total.